The zero-order valence-electron chi connectivity index (χ0n) is 18.5. The van der Waals surface area contributed by atoms with Crippen molar-refractivity contribution in [1.82, 2.24) is 9.88 Å². The molecule has 6 rings (SSSR count). The maximum atomic E-state index is 6.94. The fourth-order valence-corrected chi connectivity index (χ4v) is 4.63. The molecule has 0 radical (unpaired) electrons. The van der Waals surface area contributed by atoms with Gasteiger partial charge in [0.2, 0.25) is 5.70 Å². The maximum absolute atomic E-state index is 6.94. The first-order chi connectivity index (χ1) is 16.1. The molecule has 3 aliphatic heterocycles. The van der Waals surface area contributed by atoms with E-state index in [2.05, 4.69) is 65.5 Å². The Hall–Kier alpha value is -3.71. The van der Waals surface area contributed by atoms with Crippen LogP contribution in [0.3, 0.4) is 0 Å². The van der Waals surface area contributed by atoms with Gasteiger partial charge in [0, 0.05) is 24.0 Å². The first-order valence-electron chi connectivity index (χ1n) is 11.2. The van der Waals surface area contributed by atoms with E-state index in [4.69, 9.17) is 15.8 Å². The van der Waals surface area contributed by atoms with Crippen molar-refractivity contribution in [3.05, 3.63) is 102 Å². The molecule has 2 N–H and O–H groups in total. The molecule has 0 amide bonds. The molecule has 1 atom stereocenters. The van der Waals surface area contributed by atoms with Gasteiger partial charge in [-0.15, -0.1) is 4.59 Å². The number of aromatic nitrogens is 1. The van der Waals surface area contributed by atoms with Crippen LogP contribution < -0.4 is 5.84 Å². The summed E-state index contributed by atoms with van der Waals surface area (Å²) in [6, 6.07) is 20.7. The molecular formula is C27H25N6+. The van der Waals surface area contributed by atoms with Crippen molar-refractivity contribution >= 4 is 23.0 Å². The van der Waals surface area contributed by atoms with Crippen LogP contribution in [0.5, 0.6) is 0 Å². The van der Waals surface area contributed by atoms with Gasteiger partial charge in [0.05, 0.1) is 29.2 Å². The molecule has 0 saturated carbocycles. The molecule has 1 aromatic heterocycles. The number of aliphatic imine (C=N–C) groups is 2. The number of rotatable bonds is 3. The topological polar surface area (TPSA) is 66.9 Å². The first-order valence-corrected chi connectivity index (χ1v) is 11.2. The molecule has 3 aliphatic rings. The van der Waals surface area contributed by atoms with Crippen LogP contribution in [0.1, 0.15) is 12.0 Å². The maximum Gasteiger partial charge on any atom is 0.265 e. The largest absolute Gasteiger partial charge is 0.302 e. The van der Waals surface area contributed by atoms with Gasteiger partial charge in [-0.25, -0.2) is 4.98 Å². The fourth-order valence-electron chi connectivity index (χ4n) is 4.63. The molecule has 0 saturated heterocycles. The Morgan fingerprint density at radius 3 is 2.67 bits per heavy atom. The average molecular weight is 434 g/mol. The van der Waals surface area contributed by atoms with Crippen LogP contribution in [0.25, 0.3) is 22.2 Å². The molecule has 0 fully saturated rings. The smallest absolute Gasteiger partial charge is 0.265 e. The Kier molecular flexibility index (Phi) is 4.66. The fraction of sp³-hybridized carbons (Fsp3) is 0.148. The van der Waals surface area contributed by atoms with Gasteiger partial charge < -0.3 is 4.90 Å². The van der Waals surface area contributed by atoms with Crippen molar-refractivity contribution in [3.8, 4) is 11.3 Å². The number of allylic oxidation sites excluding steroid dienone is 2. The number of nitrogens with zero attached hydrogens (tertiary/aromatic N) is 5. The van der Waals surface area contributed by atoms with E-state index in [0.717, 1.165) is 64.5 Å². The van der Waals surface area contributed by atoms with Gasteiger partial charge in [-0.2, -0.15) is 10.8 Å². The Bertz CT molecular complexity index is 1410. The minimum absolute atomic E-state index is 0.0237. The number of amidine groups is 1. The van der Waals surface area contributed by atoms with Crippen molar-refractivity contribution < 1.29 is 4.59 Å². The second kappa shape index (κ2) is 7.71. The summed E-state index contributed by atoms with van der Waals surface area (Å²) in [7, 11) is 2.13. The summed E-state index contributed by atoms with van der Waals surface area (Å²) in [6.07, 6.45) is 8.69. The molecule has 1 unspecified atom stereocenters. The summed E-state index contributed by atoms with van der Waals surface area (Å²) in [5.74, 6) is 7.73. The highest BCUT2D eigenvalue weighted by atomic mass is 15.6. The summed E-state index contributed by atoms with van der Waals surface area (Å²) in [6.45, 7) is 1.92. The highest BCUT2D eigenvalue weighted by Crippen LogP contribution is 2.36. The van der Waals surface area contributed by atoms with Crippen LogP contribution in [0.2, 0.25) is 0 Å². The van der Waals surface area contributed by atoms with Crippen molar-refractivity contribution in [1.29, 1.82) is 0 Å². The zero-order valence-corrected chi connectivity index (χ0v) is 18.5. The third-order valence-corrected chi connectivity index (χ3v) is 6.53. The number of nitrogens with two attached hydrogens (primary N) is 1. The molecule has 3 aromatic rings. The number of hydrogen-bond donors (Lipinski definition) is 1. The molecule has 0 spiro atoms. The van der Waals surface area contributed by atoms with E-state index in [0.29, 0.717) is 0 Å². The van der Waals surface area contributed by atoms with E-state index in [-0.39, 0.29) is 4.59 Å². The summed E-state index contributed by atoms with van der Waals surface area (Å²) < 4.78 is 0.0237. The molecule has 2 aromatic carbocycles. The second-order valence-corrected chi connectivity index (χ2v) is 8.73. The van der Waals surface area contributed by atoms with Gasteiger partial charge in [0.25, 0.3) is 5.84 Å². The van der Waals surface area contributed by atoms with Crippen molar-refractivity contribution in [2.45, 2.75) is 6.42 Å². The predicted octanol–water partition coefficient (Wildman–Crippen LogP) is 4.38. The van der Waals surface area contributed by atoms with Gasteiger partial charge in [-0.3, -0.25) is 4.99 Å². The summed E-state index contributed by atoms with van der Waals surface area (Å²) in [4.78, 5) is 16.7. The molecule has 0 bridgehead atoms. The SMILES string of the molecule is CN1CC=C(C2=C3C=NC=C[N+]3(N)C(c3ccc4ccc(-c5ccccc5)nc4c3)=N2)CC1. The molecule has 162 valence electrons. The normalized spacial score (nSPS) is 22.5. The van der Waals surface area contributed by atoms with Gasteiger partial charge in [-0.05, 0) is 37.2 Å². The van der Waals surface area contributed by atoms with Crippen molar-refractivity contribution in [2.24, 2.45) is 15.8 Å². The number of fused-ring (bicyclic) bond motifs is 2. The monoisotopic (exact) mass is 433 g/mol. The Morgan fingerprint density at radius 2 is 1.85 bits per heavy atom. The zero-order chi connectivity index (χ0) is 22.4. The van der Waals surface area contributed by atoms with Crippen molar-refractivity contribution in [3.63, 3.8) is 0 Å². The minimum Gasteiger partial charge on any atom is -0.302 e. The molecule has 4 heterocycles. The molecular weight excluding hydrogens is 408 g/mol. The van der Waals surface area contributed by atoms with Gasteiger partial charge >= 0.3 is 0 Å². The van der Waals surface area contributed by atoms with E-state index in [1.54, 1.807) is 6.20 Å². The highest BCUT2D eigenvalue weighted by Gasteiger charge is 2.44. The number of hydrogen-bond acceptors (Lipinski definition) is 5. The Labute approximate surface area is 193 Å². The van der Waals surface area contributed by atoms with Crippen LogP contribution in [0.4, 0.5) is 0 Å². The van der Waals surface area contributed by atoms with E-state index in [1.165, 1.54) is 5.57 Å². The number of pyridine rings is 1. The van der Waals surface area contributed by atoms with Gasteiger partial charge in [0.1, 0.15) is 11.9 Å². The molecule has 33 heavy (non-hydrogen) atoms. The lowest BCUT2D eigenvalue weighted by Gasteiger charge is -2.27. The van der Waals surface area contributed by atoms with E-state index >= 15 is 0 Å². The first kappa shape index (κ1) is 19.9. The third-order valence-electron chi connectivity index (χ3n) is 6.53. The summed E-state index contributed by atoms with van der Waals surface area (Å²) in [5.41, 5.74) is 7.02. The number of benzene rings is 2. The van der Waals surface area contributed by atoms with Crippen LogP contribution in [0, 0.1) is 0 Å². The van der Waals surface area contributed by atoms with E-state index < -0.39 is 0 Å². The average Bonchev–Trinajstić information content (AvgIpc) is 3.17. The summed E-state index contributed by atoms with van der Waals surface area (Å²) >= 11 is 0. The van der Waals surface area contributed by atoms with E-state index in [1.807, 2.05) is 30.6 Å². The van der Waals surface area contributed by atoms with Crippen molar-refractivity contribution in [2.75, 3.05) is 20.1 Å². The van der Waals surface area contributed by atoms with Crippen LogP contribution >= 0.6 is 0 Å². The third kappa shape index (κ3) is 3.36. The number of quaternary nitrogens is 1. The second-order valence-electron chi connectivity index (χ2n) is 8.73. The predicted molar refractivity (Wildman–Crippen MR) is 133 cm³/mol. The molecule has 0 aliphatic carbocycles. The van der Waals surface area contributed by atoms with E-state index in [9.17, 15) is 0 Å². The Morgan fingerprint density at radius 1 is 1.00 bits per heavy atom. The lowest BCUT2D eigenvalue weighted by atomic mass is 10.0. The van der Waals surface area contributed by atoms with Crippen LogP contribution in [0.15, 0.2) is 106 Å². The quantitative estimate of drug-likeness (QED) is 0.492. The minimum atomic E-state index is 0.0237. The Balaban J connectivity index is 1.45. The molecule has 6 heteroatoms. The van der Waals surface area contributed by atoms with Gasteiger partial charge in [-0.1, -0.05) is 48.5 Å². The van der Waals surface area contributed by atoms with Gasteiger partial charge in [0.15, 0.2) is 0 Å². The lowest BCUT2D eigenvalue weighted by molar-refractivity contribution is -0.750. The summed E-state index contributed by atoms with van der Waals surface area (Å²) in [5, 5.41) is 1.09. The van der Waals surface area contributed by atoms with Crippen LogP contribution in [-0.4, -0.2) is 46.7 Å². The number of likely N-dealkylation sites (N-methyl/N-ethyl adjacent to an activating group) is 1. The van der Waals surface area contributed by atoms with Crippen LogP contribution in [-0.2, 0) is 0 Å². The standard InChI is InChI=1S/C27H25N6/c1-32-14-11-21(12-15-32)26-25-18-29-13-16-33(25,28)27(31-26)22-8-7-20-9-10-23(30-24(20)17-22)19-5-3-2-4-6-19/h2-11,13,16-18H,12,14-15,28H2,1H3/q+1. The molecule has 6 nitrogen and oxygen atoms in total. The highest BCUT2D eigenvalue weighted by molar-refractivity contribution is 6.03. The lowest BCUT2D eigenvalue weighted by Crippen LogP contribution is -2.53.